The molecule has 1 heterocycles. The number of imide groups is 1. The van der Waals surface area contributed by atoms with E-state index in [4.69, 9.17) is 11.6 Å². The van der Waals surface area contributed by atoms with Crippen LogP contribution in [-0.2, 0) is 14.4 Å². The van der Waals surface area contributed by atoms with Crippen molar-refractivity contribution in [3.05, 3.63) is 29.3 Å². The lowest BCUT2D eigenvalue weighted by Gasteiger charge is -2.26. The lowest BCUT2D eigenvalue weighted by Crippen LogP contribution is -2.48. The zero-order chi connectivity index (χ0) is 18.7. The predicted octanol–water partition coefficient (Wildman–Crippen LogP) is 3.58. The van der Waals surface area contributed by atoms with Crippen LogP contribution in [0.4, 0.5) is 5.69 Å². The van der Waals surface area contributed by atoms with Crippen molar-refractivity contribution in [2.75, 3.05) is 17.3 Å². The second-order valence-electron chi connectivity index (χ2n) is 6.84. The van der Waals surface area contributed by atoms with Crippen molar-refractivity contribution in [2.45, 2.75) is 38.1 Å². The van der Waals surface area contributed by atoms with Crippen LogP contribution in [0.5, 0.6) is 0 Å². The molecule has 0 radical (unpaired) electrons. The molecule has 0 spiro atoms. The number of fused-ring (bicyclic) bond motifs is 1. The van der Waals surface area contributed by atoms with Gasteiger partial charge in [0.15, 0.2) is 0 Å². The average molecular weight is 395 g/mol. The second kappa shape index (κ2) is 8.44. The van der Waals surface area contributed by atoms with Crippen LogP contribution in [0.2, 0.25) is 5.02 Å². The molecule has 3 atom stereocenters. The van der Waals surface area contributed by atoms with Gasteiger partial charge in [0, 0.05) is 10.7 Å². The van der Waals surface area contributed by atoms with E-state index in [-0.39, 0.29) is 29.6 Å². The molecule has 26 heavy (non-hydrogen) atoms. The first-order valence-corrected chi connectivity index (χ1v) is 10.7. The number of likely N-dealkylation sites (tertiary alicyclic amines) is 1. The molecule has 140 valence electrons. The minimum atomic E-state index is -0.771. The number of amides is 3. The molecule has 3 amide bonds. The number of thioether (sulfide) groups is 1. The van der Waals surface area contributed by atoms with Gasteiger partial charge in [-0.15, -0.1) is 0 Å². The minimum absolute atomic E-state index is 0.174. The third-order valence-corrected chi connectivity index (χ3v) is 6.06. The molecule has 2 aliphatic rings. The summed E-state index contributed by atoms with van der Waals surface area (Å²) in [6.07, 6.45) is 5.83. The van der Waals surface area contributed by atoms with E-state index in [0.717, 1.165) is 25.7 Å². The average Bonchev–Trinajstić information content (AvgIpc) is 2.87. The summed E-state index contributed by atoms with van der Waals surface area (Å²) in [6.45, 7) is 0. The Morgan fingerprint density at radius 2 is 1.92 bits per heavy atom. The number of nitrogens with one attached hydrogen (secondary N) is 1. The van der Waals surface area contributed by atoms with E-state index in [9.17, 15) is 14.4 Å². The molecule has 0 aromatic heterocycles. The van der Waals surface area contributed by atoms with Crippen LogP contribution in [0.15, 0.2) is 24.3 Å². The van der Waals surface area contributed by atoms with Gasteiger partial charge in [0.2, 0.25) is 17.7 Å². The summed E-state index contributed by atoms with van der Waals surface area (Å²) in [4.78, 5) is 39.9. The monoisotopic (exact) mass is 394 g/mol. The van der Waals surface area contributed by atoms with E-state index in [1.807, 2.05) is 6.26 Å². The second-order valence-corrected chi connectivity index (χ2v) is 8.26. The van der Waals surface area contributed by atoms with Gasteiger partial charge in [0.1, 0.15) is 6.04 Å². The number of hydrogen-bond acceptors (Lipinski definition) is 4. The Morgan fingerprint density at radius 3 is 2.50 bits per heavy atom. The minimum Gasteiger partial charge on any atom is -0.324 e. The van der Waals surface area contributed by atoms with Gasteiger partial charge in [-0.1, -0.05) is 30.5 Å². The van der Waals surface area contributed by atoms with Gasteiger partial charge in [0.25, 0.3) is 0 Å². The van der Waals surface area contributed by atoms with Crippen LogP contribution < -0.4 is 5.32 Å². The lowest BCUT2D eigenvalue weighted by molar-refractivity contribution is -0.146. The van der Waals surface area contributed by atoms with E-state index in [0.29, 0.717) is 22.9 Å². The van der Waals surface area contributed by atoms with E-state index in [1.54, 1.807) is 36.0 Å². The van der Waals surface area contributed by atoms with E-state index in [2.05, 4.69) is 5.32 Å². The number of halogens is 1. The molecule has 1 saturated heterocycles. The summed E-state index contributed by atoms with van der Waals surface area (Å²) in [5.74, 6) is -0.472. The van der Waals surface area contributed by atoms with Crippen molar-refractivity contribution in [3.8, 4) is 0 Å². The number of carbonyl (C=O) groups excluding carboxylic acids is 3. The normalized spacial score (nSPS) is 23.7. The summed E-state index contributed by atoms with van der Waals surface area (Å²) in [5.41, 5.74) is 0.563. The van der Waals surface area contributed by atoms with Gasteiger partial charge in [-0.2, -0.15) is 11.8 Å². The molecule has 0 bridgehead atoms. The Balaban J connectivity index is 1.81. The molecule has 1 aliphatic heterocycles. The molecule has 7 heteroatoms. The molecule has 0 unspecified atom stereocenters. The van der Waals surface area contributed by atoms with Crippen LogP contribution in [0.1, 0.15) is 32.1 Å². The highest BCUT2D eigenvalue weighted by molar-refractivity contribution is 7.98. The number of anilines is 1. The van der Waals surface area contributed by atoms with Gasteiger partial charge in [-0.05, 0) is 49.5 Å². The summed E-state index contributed by atoms with van der Waals surface area (Å²) in [5, 5.41) is 3.33. The molecule has 2 fully saturated rings. The van der Waals surface area contributed by atoms with Crippen molar-refractivity contribution in [1.29, 1.82) is 0 Å². The number of carbonyl (C=O) groups is 3. The van der Waals surface area contributed by atoms with Crippen LogP contribution in [0.3, 0.4) is 0 Å². The highest BCUT2D eigenvalue weighted by Crippen LogP contribution is 2.39. The maximum absolute atomic E-state index is 12.9. The fraction of sp³-hybridized carbons (Fsp3) is 0.526. The highest BCUT2D eigenvalue weighted by Gasteiger charge is 2.51. The quantitative estimate of drug-likeness (QED) is 0.749. The number of rotatable bonds is 6. The zero-order valence-corrected chi connectivity index (χ0v) is 16.3. The number of hydrogen-bond donors (Lipinski definition) is 1. The van der Waals surface area contributed by atoms with Crippen molar-refractivity contribution >= 4 is 46.8 Å². The van der Waals surface area contributed by atoms with Crippen molar-refractivity contribution in [1.82, 2.24) is 4.90 Å². The molecular weight excluding hydrogens is 372 g/mol. The summed E-state index contributed by atoms with van der Waals surface area (Å²) in [7, 11) is 0. The molecule has 1 aromatic carbocycles. The van der Waals surface area contributed by atoms with E-state index < -0.39 is 6.04 Å². The highest BCUT2D eigenvalue weighted by atomic mass is 35.5. The Kier molecular flexibility index (Phi) is 6.24. The summed E-state index contributed by atoms with van der Waals surface area (Å²) in [6, 6.07) is 6.09. The van der Waals surface area contributed by atoms with Gasteiger partial charge in [0.05, 0.1) is 11.8 Å². The van der Waals surface area contributed by atoms with Gasteiger partial charge < -0.3 is 5.32 Å². The van der Waals surface area contributed by atoms with Crippen LogP contribution >= 0.6 is 23.4 Å². The summed E-state index contributed by atoms with van der Waals surface area (Å²) < 4.78 is 0. The third kappa shape index (κ3) is 3.91. The van der Waals surface area contributed by atoms with Gasteiger partial charge >= 0.3 is 0 Å². The van der Waals surface area contributed by atoms with Crippen LogP contribution in [-0.4, -0.2) is 40.7 Å². The topological polar surface area (TPSA) is 66.5 Å². The van der Waals surface area contributed by atoms with E-state index >= 15 is 0 Å². The predicted molar refractivity (Wildman–Crippen MR) is 104 cm³/mol. The fourth-order valence-corrected chi connectivity index (χ4v) is 4.54. The maximum Gasteiger partial charge on any atom is 0.247 e. The maximum atomic E-state index is 12.9. The Bertz CT molecular complexity index is 688. The molecule has 1 aromatic rings. The van der Waals surface area contributed by atoms with E-state index in [1.165, 1.54) is 4.90 Å². The smallest absolute Gasteiger partial charge is 0.247 e. The molecular formula is C19H23ClN2O3S. The zero-order valence-electron chi connectivity index (χ0n) is 14.7. The molecule has 1 N–H and O–H groups in total. The van der Waals surface area contributed by atoms with Crippen molar-refractivity contribution < 1.29 is 14.4 Å². The van der Waals surface area contributed by atoms with Crippen LogP contribution in [0, 0.1) is 11.8 Å². The fourth-order valence-electron chi connectivity index (χ4n) is 3.89. The van der Waals surface area contributed by atoms with Crippen molar-refractivity contribution in [3.63, 3.8) is 0 Å². The first kappa shape index (κ1) is 19.2. The lowest BCUT2D eigenvalue weighted by atomic mass is 9.81. The summed E-state index contributed by atoms with van der Waals surface area (Å²) >= 11 is 7.57. The van der Waals surface area contributed by atoms with Crippen molar-refractivity contribution in [2.24, 2.45) is 11.8 Å². The first-order chi connectivity index (χ1) is 12.5. The Hall–Kier alpha value is -1.53. The Morgan fingerprint density at radius 1 is 1.27 bits per heavy atom. The largest absolute Gasteiger partial charge is 0.324 e. The SMILES string of the molecule is CSCC[C@@H](C(=O)Nc1cccc(Cl)c1)N1C(=O)[C@H]2CCCC[C@H]2C1=O. The van der Waals surface area contributed by atoms with Crippen LogP contribution in [0.25, 0.3) is 0 Å². The molecule has 1 aliphatic carbocycles. The first-order valence-electron chi connectivity index (χ1n) is 8.95. The molecule has 1 saturated carbocycles. The van der Waals surface area contributed by atoms with Gasteiger partial charge in [-0.25, -0.2) is 0 Å². The van der Waals surface area contributed by atoms with Gasteiger partial charge in [-0.3, -0.25) is 19.3 Å². The third-order valence-electron chi connectivity index (χ3n) is 5.18. The number of nitrogens with zero attached hydrogens (tertiary/aromatic N) is 1. The standard InChI is InChI=1S/C19H23ClN2O3S/c1-26-10-9-16(17(23)21-13-6-4-5-12(20)11-13)22-18(24)14-7-2-3-8-15(14)19(22)25/h4-6,11,14-16H,2-3,7-10H2,1H3,(H,21,23)/t14-,15+,16-/m0/s1. The Labute approximate surface area is 162 Å². The molecule has 3 rings (SSSR count). The number of benzene rings is 1. The molecule has 5 nitrogen and oxygen atoms in total.